The van der Waals surface area contributed by atoms with Crippen LogP contribution < -0.4 is 0 Å². The Labute approximate surface area is 111 Å². The lowest BCUT2D eigenvalue weighted by molar-refractivity contribution is 0.0784. The van der Waals surface area contributed by atoms with Crippen LogP contribution in [-0.2, 0) is 4.74 Å². The van der Waals surface area contributed by atoms with Crippen LogP contribution >= 0.6 is 11.3 Å². The maximum atomic E-state index is 12.0. The van der Waals surface area contributed by atoms with Gasteiger partial charge in [0.15, 0.2) is 0 Å². The van der Waals surface area contributed by atoms with Gasteiger partial charge in [0.05, 0.1) is 9.75 Å². The first kappa shape index (κ1) is 14.7. The van der Waals surface area contributed by atoms with Gasteiger partial charge >= 0.3 is 0 Å². The highest BCUT2D eigenvalue weighted by atomic mass is 32.1. The molecule has 1 rings (SSSR count). The first-order chi connectivity index (χ1) is 8.69. The molecule has 0 spiro atoms. The second-order valence-electron chi connectivity index (χ2n) is 3.70. The van der Waals surface area contributed by atoms with Gasteiger partial charge in [-0.3, -0.25) is 4.79 Å². The van der Waals surface area contributed by atoms with Crippen molar-refractivity contribution in [3.05, 3.63) is 21.9 Å². The van der Waals surface area contributed by atoms with Crippen LogP contribution in [0.25, 0.3) is 0 Å². The van der Waals surface area contributed by atoms with Crippen molar-refractivity contribution in [1.29, 1.82) is 0 Å². The van der Waals surface area contributed by atoms with Crippen molar-refractivity contribution in [2.45, 2.75) is 6.42 Å². The third kappa shape index (κ3) is 4.49. The molecule has 0 aliphatic heterocycles. The summed E-state index contributed by atoms with van der Waals surface area (Å²) in [6.07, 6.45) is 0.821. The largest absolute Gasteiger partial charge is 0.385 e. The number of hydrogen-bond acceptors (Lipinski definition) is 4. The Balaban J connectivity index is 2.57. The number of nitrogens with zero attached hydrogens (tertiary/aromatic N) is 1. The molecule has 1 aromatic heterocycles. The molecule has 1 N–H and O–H groups in total. The van der Waals surface area contributed by atoms with E-state index in [-0.39, 0.29) is 12.5 Å². The number of aliphatic hydroxyl groups is 1. The fourth-order valence-corrected chi connectivity index (χ4v) is 2.26. The second kappa shape index (κ2) is 7.88. The lowest BCUT2D eigenvalue weighted by Crippen LogP contribution is -2.27. The van der Waals surface area contributed by atoms with E-state index >= 15 is 0 Å². The number of rotatable bonds is 5. The molecule has 0 aromatic carbocycles. The number of carbonyl (C=O) groups excluding carboxylic acids is 1. The zero-order valence-electron chi connectivity index (χ0n) is 10.6. The van der Waals surface area contributed by atoms with Crippen molar-refractivity contribution in [2.75, 3.05) is 33.9 Å². The SMILES string of the molecule is COCCCN(C)C(=O)c1ccc(C#CCO)s1. The highest BCUT2D eigenvalue weighted by Gasteiger charge is 2.13. The summed E-state index contributed by atoms with van der Waals surface area (Å²) in [6, 6.07) is 3.56. The van der Waals surface area contributed by atoms with Gasteiger partial charge in [0.25, 0.3) is 5.91 Å². The lowest BCUT2D eigenvalue weighted by Gasteiger charge is -2.15. The highest BCUT2D eigenvalue weighted by Crippen LogP contribution is 2.17. The molecule has 0 radical (unpaired) electrons. The van der Waals surface area contributed by atoms with E-state index in [0.29, 0.717) is 18.0 Å². The summed E-state index contributed by atoms with van der Waals surface area (Å²) in [5.74, 6) is 5.34. The number of methoxy groups -OCH3 is 1. The molecule has 98 valence electrons. The van der Waals surface area contributed by atoms with Gasteiger partial charge in [-0.1, -0.05) is 11.8 Å². The molecule has 1 heterocycles. The van der Waals surface area contributed by atoms with Crippen molar-refractivity contribution in [2.24, 2.45) is 0 Å². The maximum Gasteiger partial charge on any atom is 0.263 e. The van der Waals surface area contributed by atoms with Gasteiger partial charge < -0.3 is 14.7 Å². The Kier molecular flexibility index (Phi) is 6.44. The van der Waals surface area contributed by atoms with Crippen LogP contribution in [0.3, 0.4) is 0 Å². The number of ether oxygens (including phenoxy) is 1. The molecule has 0 atom stereocenters. The number of aliphatic hydroxyl groups excluding tert-OH is 1. The molecule has 0 saturated carbocycles. The zero-order chi connectivity index (χ0) is 13.4. The van der Waals surface area contributed by atoms with Gasteiger partial charge in [0.1, 0.15) is 6.61 Å². The molecule has 0 saturated heterocycles. The van der Waals surface area contributed by atoms with Gasteiger partial charge in [-0.25, -0.2) is 0 Å². The average molecular weight is 267 g/mol. The van der Waals surface area contributed by atoms with Crippen LogP contribution in [0.5, 0.6) is 0 Å². The van der Waals surface area contributed by atoms with Crippen LogP contribution in [-0.4, -0.2) is 49.8 Å². The quantitative estimate of drug-likeness (QED) is 0.644. The van der Waals surface area contributed by atoms with E-state index in [1.807, 2.05) is 0 Å². The summed E-state index contributed by atoms with van der Waals surface area (Å²) < 4.78 is 4.95. The van der Waals surface area contributed by atoms with E-state index in [0.717, 1.165) is 11.3 Å². The smallest absolute Gasteiger partial charge is 0.263 e. The minimum atomic E-state index is -0.169. The predicted octanol–water partition coefficient (Wildman–Crippen LogP) is 1.20. The highest BCUT2D eigenvalue weighted by molar-refractivity contribution is 7.14. The van der Waals surface area contributed by atoms with Crippen LogP contribution in [0, 0.1) is 11.8 Å². The van der Waals surface area contributed by atoms with Crippen molar-refractivity contribution in [1.82, 2.24) is 4.90 Å². The first-order valence-electron chi connectivity index (χ1n) is 5.63. The van der Waals surface area contributed by atoms with Crippen LogP contribution in [0.4, 0.5) is 0 Å². The molecular weight excluding hydrogens is 250 g/mol. The number of thiophene rings is 1. The fraction of sp³-hybridized carbons (Fsp3) is 0.462. The zero-order valence-corrected chi connectivity index (χ0v) is 11.4. The summed E-state index contributed by atoms with van der Waals surface area (Å²) >= 11 is 1.34. The summed E-state index contributed by atoms with van der Waals surface area (Å²) in [5, 5.41) is 8.60. The minimum absolute atomic E-state index is 0.00634. The molecule has 0 bridgehead atoms. The Hall–Kier alpha value is -1.35. The van der Waals surface area contributed by atoms with Gasteiger partial charge in [-0.15, -0.1) is 11.3 Å². The topological polar surface area (TPSA) is 49.8 Å². The third-order valence-corrected chi connectivity index (χ3v) is 3.28. The van der Waals surface area contributed by atoms with Crippen LogP contribution in [0.2, 0.25) is 0 Å². The molecule has 0 aliphatic rings. The maximum absolute atomic E-state index is 12.0. The van der Waals surface area contributed by atoms with Crippen molar-refractivity contribution in [3.63, 3.8) is 0 Å². The lowest BCUT2D eigenvalue weighted by atomic mass is 10.3. The van der Waals surface area contributed by atoms with E-state index in [1.54, 1.807) is 31.2 Å². The Morgan fingerprint density at radius 1 is 1.56 bits per heavy atom. The molecule has 0 fully saturated rings. The standard InChI is InChI=1S/C13H17NO3S/c1-14(8-4-10-17-2)13(16)12-7-6-11(18-12)5-3-9-15/h6-7,15H,4,8-10H2,1-2H3. The van der Waals surface area contributed by atoms with Crippen molar-refractivity contribution < 1.29 is 14.6 Å². The summed E-state index contributed by atoms with van der Waals surface area (Å²) in [4.78, 5) is 15.2. The predicted molar refractivity (Wildman–Crippen MR) is 71.7 cm³/mol. The van der Waals surface area contributed by atoms with Crippen molar-refractivity contribution in [3.8, 4) is 11.8 Å². The first-order valence-corrected chi connectivity index (χ1v) is 6.44. The molecule has 0 unspecified atom stereocenters. The average Bonchev–Trinajstić information content (AvgIpc) is 2.84. The molecule has 4 nitrogen and oxygen atoms in total. The van der Waals surface area contributed by atoms with Crippen molar-refractivity contribution >= 4 is 17.2 Å². The third-order valence-electron chi connectivity index (χ3n) is 2.30. The number of carbonyl (C=O) groups is 1. The molecule has 1 amide bonds. The van der Waals surface area contributed by atoms with Gasteiger partial charge in [0.2, 0.25) is 0 Å². The number of amides is 1. The molecular formula is C13H17NO3S. The Morgan fingerprint density at radius 2 is 2.33 bits per heavy atom. The monoisotopic (exact) mass is 267 g/mol. The fourth-order valence-electron chi connectivity index (χ4n) is 1.38. The number of hydrogen-bond donors (Lipinski definition) is 1. The molecule has 18 heavy (non-hydrogen) atoms. The Bertz CT molecular complexity index is 445. The van der Waals surface area contributed by atoms with E-state index in [1.165, 1.54) is 11.3 Å². The van der Waals surface area contributed by atoms with E-state index < -0.39 is 0 Å². The summed E-state index contributed by atoms with van der Waals surface area (Å²) in [6.45, 7) is 1.15. The minimum Gasteiger partial charge on any atom is -0.385 e. The van der Waals surface area contributed by atoms with Gasteiger partial charge in [0, 0.05) is 27.3 Å². The van der Waals surface area contributed by atoms with Gasteiger partial charge in [-0.05, 0) is 18.6 Å². The van der Waals surface area contributed by atoms with E-state index in [4.69, 9.17) is 9.84 Å². The summed E-state index contributed by atoms with van der Waals surface area (Å²) in [5.41, 5.74) is 0. The normalized spacial score (nSPS) is 9.72. The van der Waals surface area contributed by atoms with Gasteiger partial charge in [-0.2, -0.15) is 0 Å². The molecule has 5 heteroatoms. The van der Waals surface area contributed by atoms with E-state index in [2.05, 4.69) is 11.8 Å². The van der Waals surface area contributed by atoms with Crippen LogP contribution in [0.15, 0.2) is 12.1 Å². The summed E-state index contributed by atoms with van der Waals surface area (Å²) in [7, 11) is 3.42. The molecule has 0 aliphatic carbocycles. The van der Waals surface area contributed by atoms with Crippen LogP contribution in [0.1, 0.15) is 21.0 Å². The Morgan fingerprint density at radius 3 is 3.00 bits per heavy atom. The van der Waals surface area contributed by atoms with E-state index in [9.17, 15) is 4.79 Å². The molecule has 1 aromatic rings. The second-order valence-corrected chi connectivity index (χ2v) is 4.78.